The number of hydrogen-bond donors (Lipinski definition) is 0. The third kappa shape index (κ3) is 4.14. The number of nitrogens with zero attached hydrogens (tertiary/aromatic N) is 3. The van der Waals surface area contributed by atoms with Crippen molar-refractivity contribution < 1.29 is 9.47 Å². The number of rotatable bonds is 8. The van der Waals surface area contributed by atoms with Crippen LogP contribution in [0.4, 0.5) is 0 Å². The standard InChI is InChI=1S/C22H25N3O2/c1-26-21-10-11-22(27-2)18(14-21)16-24(19-8-9-19)15-17-4-6-20(7-5-17)25-13-3-12-23-25/h3-7,10-14,19H,8-9,15-16H2,1-2H3. The molecule has 3 aromatic rings. The molecular formula is C22H25N3O2. The first-order valence-corrected chi connectivity index (χ1v) is 9.31. The van der Waals surface area contributed by atoms with E-state index >= 15 is 0 Å². The van der Waals surface area contributed by atoms with Crippen LogP contribution in [0.25, 0.3) is 5.69 Å². The third-order valence-corrected chi connectivity index (χ3v) is 5.02. The van der Waals surface area contributed by atoms with Gasteiger partial charge in [0, 0.05) is 37.1 Å². The molecule has 1 aromatic heterocycles. The van der Waals surface area contributed by atoms with E-state index in [0.717, 1.165) is 35.8 Å². The van der Waals surface area contributed by atoms with Gasteiger partial charge in [-0.05, 0) is 54.8 Å². The molecule has 1 aliphatic rings. The highest BCUT2D eigenvalue weighted by atomic mass is 16.5. The summed E-state index contributed by atoms with van der Waals surface area (Å²) in [6.45, 7) is 1.77. The van der Waals surface area contributed by atoms with Gasteiger partial charge < -0.3 is 9.47 Å². The molecule has 1 saturated carbocycles. The van der Waals surface area contributed by atoms with Gasteiger partial charge in [0.25, 0.3) is 0 Å². The van der Waals surface area contributed by atoms with Crippen LogP contribution in [0.5, 0.6) is 11.5 Å². The second-order valence-corrected chi connectivity index (χ2v) is 6.93. The first-order valence-electron chi connectivity index (χ1n) is 9.31. The average molecular weight is 363 g/mol. The highest BCUT2D eigenvalue weighted by molar-refractivity contribution is 5.40. The Morgan fingerprint density at radius 1 is 1.04 bits per heavy atom. The van der Waals surface area contributed by atoms with E-state index in [0.29, 0.717) is 6.04 Å². The molecule has 1 heterocycles. The van der Waals surface area contributed by atoms with E-state index in [1.54, 1.807) is 20.4 Å². The molecule has 0 N–H and O–H groups in total. The van der Waals surface area contributed by atoms with Gasteiger partial charge in [-0.1, -0.05) is 12.1 Å². The zero-order valence-electron chi connectivity index (χ0n) is 15.8. The van der Waals surface area contributed by atoms with Crippen LogP contribution in [0.15, 0.2) is 60.9 Å². The smallest absolute Gasteiger partial charge is 0.123 e. The van der Waals surface area contributed by atoms with E-state index in [1.165, 1.54) is 18.4 Å². The molecule has 0 radical (unpaired) electrons. The normalized spacial score (nSPS) is 13.7. The molecule has 4 rings (SSSR count). The Kier molecular flexibility index (Phi) is 5.12. The fraction of sp³-hybridized carbons (Fsp3) is 0.318. The number of benzene rings is 2. The van der Waals surface area contributed by atoms with Gasteiger partial charge in [-0.25, -0.2) is 4.68 Å². The second kappa shape index (κ2) is 7.84. The van der Waals surface area contributed by atoms with Crippen molar-refractivity contribution in [3.63, 3.8) is 0 Å². The number of hydrogen-bond acceptors (Lipinski definition) is 4. The Bertz CT molecular complexity index is 871. The molecule has 0 aliphatic heterocycles. The van der Waals surface area contributed by atoms with E-state index in [4.69, 9.17) is 9.47 Å². The zero-order valence-corrected chi connectivity index (χ0v) is 15.8. The fourth-order valence-corrected chi connectivity index (χ4v) is 3.39. The van der Waals surface area contributed by atoms with Crippen molar-refractivity contribution in [3.8, 4) is 17.2 Å². The lowest BCUT2D eigenvalue weighted by Gasteiger charge is -2.23. The van der Waals surface area contributed by atoms with Gasteiger partial charge >= 0.3 is 0 Å². The maximum atomic E-state index is 5.56. The minimum atomic E-state index is 0.645. The molecule has 27 heavy (non-hydrogen) atoms. The van der Waals surface area contributed by atoms with E-state index in [-0.39, 0.29) is 0 Å². The molecule has 0 saturated heterocycles. The van der Waals surface area contributed by atoms with Crippen LogP contribution in [0, 0.1) is 0 Å². The third-order valence-electron chi connectivity index (χ3n) is 5.02. The van der Waals surface area contributed by atoms with Gasteiger partial charge in [0.15, 0.2) is 0 Å². The minimum Gasteiger partial charge on any atom is -0.497 e. The quantitative estimate of drug-likeness (QED) is 0.605. The minimum absolute atomic E-state index is 0.645. The van der Waals surface area contributed by atoms with E-state index in [2.05, 4.69) is 40.3 Å². The summed E-state index contributed by atoms with van der Waals surface area (Å²) in [5.74, 6) is 1.78. The molecule has 140 valence electrons. The van der Waals surface area contributed by atoms with Crippen molar-refractivity contribution in [1.82, 2.24) is 14.7 Å². The van der Waals surface area contributed by atoms with Crippen LogP contribution in [0.3, 0.4) is 0 Å². The Balaban J connectivity index is 1.51. The van der Waals surface area contributed by atoms with Crippen molar-refractivity contribution in [1.29, 1.82) is 0 Å². The summed E-state index contributed by atoms with van der Waals surface area (Å²) in [4.78, 5) is 2.53. The van der Waals surface area contributed by atoms with Gasteiger partial charge in [0.05, 0.1) is 19.9 Å². The Morgan fingerprint density at radius 2 is 1.85 bits per heavy atom. The second-order valence-electron chi connectivity index (χ2n) is 6.93. The molecule has 0 atom stereocenters. The van der Waals surface area contributed by atoms with Gasteiger partial charge in [-0.15, -0.1) is 0 Å². The lowest BCUT2D eigenvalue weighted by atomic mass is 10.1. The largest absolute Gasteiger partial charge is 0.497 e. The fourth-order valence-electron chi connectivity index (χ4n) is 3.39. The van der Waals surface area contributed by atoms with Crippen LogP contribution in [0.1, 0.15) is 24.0 Å². The molecule has 1 fully saturated rings. The lowest BCUT2D eigenvalue weighted by Crippen LogP contribution is -2.25. The Morgan fingerprint density at radius 3 is 2.48 bits per heavy atom. The average Bonchev–Trinajstić information content (AvgIpc) is 3.42. The molecule has 0 spiro atoms. The van der Waals surface area contributed by atoms with Crippen molar-refractivity contribution in [2.24, 2.45) is 0 Å². The maximum absolute atomic E-state index is 5.56. The van der Waals surface area contributed by atoms with Crippen molar-refractivity contribution in [2.45, 2.75) is 32.0 Å². The monoisotopic (exact) mass is 363 g/mol. The van der Waals surface area contributed by atoms with Gasteiger partial charge in [0.2, 0.25) is 0 Å². The SMILES string of the molecule is COc1ccc(OC)c(CN(Cc2ccc(-n3cccn3)cc2)C2CC2)c1. The molecule has 0 bridgehead atoms. The predicted molar refractivity (Wildman–Crippen MR) is 105 cm³/mol. The van der Waals surface area contributed by atoms with E-state index < -0.39 is 0 Å². The number of aromatic nitrogens is 2. The van der Waals surface area contributed by atoms with Crippen molar-refractivity contribution >= 4 is 0 Å². The summed E-state index contributed by atoms with van der Waals surface area (Å²) in [6.07, 6.45) is 6.28. The van der Waals surface area contributed by atoms with Gasteiger partial charge in [-0.3, -0.25) is 4.90 Å². The first-order chi connectivity index (χ1) is 13.3. The molecule has 0 unspecified atom stereocenters. The first kappa shape index (κ1) is 17.6. The van der Waals surface area contributed by atoms with Crippen molar-refractivity contribution in [3.05, 3.63) is 72.1 Å². The zero-order chi connectivity index (χ0) is 18.6. The predicted octanol–water partition coefficient (Wildman–Crippen LogP) is 4.05. The number of methoxy groups -OCH3 is 2. The molecule has 5 heteroatoms. The maximum Gasteiger partial charge on any atom is 0.123 e. The Labute approximate surface area is 160 Å². The van der Waals surface area contributed by atoms with Gasteiger partial charge in [0.1, 0.15) is 11.5 Å². The van der Waals surface area contributed by atoms with Crippen LogP contribution in [0.2, 0.25) is 0 Å². The topological polar surface area (TPSA) is 39.5 Å². The van der Waals surface area contributed by atoms with E-state index in [9.17, 15) is 0 Å². The highest BCUT2D eigenvalue weighted by Gasteiger charge is 2.29. The van der Waals surface area contributed by atoms with E-state index in [1.807, 2.05) is 29.1 Å². The summed E-state index contributed by atoms with van der Waals surface area (Å²) < 4.78 is 12.8. The molecular weight excluding hydrogens is 338 g/mol. The van der Waals surface area contributed by atoms with Crippen LogP contribution >= 0.6 is 0 Å². The van der Waals surface area contributed by atoms with Crippen molar-refractivity contribution in [2.75, 3.05) is 14.2 Å². The number of ether oxygens (including phenoxy) is 2. The molecule has 2 aromatic carbocycles. The summed E-state index contributed by atoms with van der Waals surface area (Å²) >= 11 is 0. The summed E-state index contributed by atoms with van der Waals surface area (Å²) in [7, 11) is 3.42. The highest BCUT2D eigenvalue weighted by Crippen LogP contribution is 2.33. The lowest BCUT2D eigenvalue weighted by molar-refractivity contribution is 0.241. The molecule has 1 aliphatic carbocycles. The van der Waals surface area contributed by atoms with Gasteiger partial charge in [-0.2, -0.15) is 5.10 Å². The summed E-state index contributed by atoms with van der Waals surface area (Å²) in [6, 6.07) is 17.2. The summed E-state index contributed by atoms with van der Waals surface area (Å²) in [5.41, 5.74) is 3.55. The van der Waals surface area contributed by atoms with Crippen LogP contribution < -0.4 is 9.47 Å². The Hall–Kier alpha value is -2.79. The van der Waals surface area contributed by atoms with Crippen LogP contribution in [-0.2, 0) is 13.1 Å². The van der Waals surface area contributed by atoms with Crippen LogP contribution in [-0.4, -0.2) is 34.9 Å². The molecule has 0 amide bonds. The summed E-state index contributed by atoms with van der Waals surface area (Å²) in [5, 5.41) is 4.29. The molecule has 5 nitrogen and oxygen atoms in total.